The summed E-state index contributed by atoms with van der Waals surface area (Å²) in [6.07, 6.45) is -3.29. The number of pyridine rings is 1. The van der Waals surface area contributed by atoms with Gasteiger partial charge in [-0.3, -0.25) is 4.79 Å². The van der Waals surface area contributed by atoms with E-state index in [-0.39, 0.29) is 12.1 Å². The fraction of sp³-hybridized carbons (Fsp3) is 0.188. The number of halogens is 3. The van der Waals surface area contributed by atoms with E-state index in [0.29, 0.717) is 11.1 Å². The average molecular weight is 335 g/mol. The van der Waals surface area contributed by atoms with E-state index in [1.165, 1.54) is 18.3 Å². The van der Waals surface area contributed by atoms with Crippen LogP contribution in [0.4, 0.5) is 13.2 Å². The number of rotatable bonds is 5. The molecule has 5 nitrogen and oxygen atoms in total. The number of carbonyl (C=O) groups is 1. The van der Waals surface area contributed by atoms with E-state index in [9.17, 15) is 18.0 Å². The second-order valence-electron chi connectivity index (χ2n) is 4.75. The molecular weight excluding hydrogens is 323 g/mol. The average Bonchev–Trinajstić information content (AvgIpc) is 2.57. The molecule has 1 heterocycles. The minimum absolute atomic E-state index is 0.0989. The zero-order valence-corrected chi connectivity index (χ0v) is 12.3. The number of benzene rings is 1. The number of nitrogens with one attached hydrogen (secondary N) is 1. The van der Waals surface area contributed by atoms with Gasteiger partial charge in [-0.05, 0) is 29.8 Å². The maximum absolute atomic E-state index is 12.2. The van der Waals surface area contributed by atoms with Gasteiger partial charge < -0.3 is 10.1 Å². The first-order valence-electron chi connectivity index (χ1n) is 6.81. The topological polar surface area (TPSA) is 75.0 Å². The molecule has 1 amide bonds. The van der Waals surface area contributed by atoms with Crippen LogP contribution in [0.2, 0.25) is 0 Å². The Balaban J connectivity index is 2.05. The molecule has 0 aliphatic rings. The summed E-state index contributed by atoms with van der Waals surface area (Å²) in [5.41, 5.74) is 1.03. The Kier molecular flexibility index (Phi) is 5.37. The van der Waals surface area contributed by atoms with Crippen LogP contribution in [-0.4, -0.2) is 23.7 Å². The smallest absolute Gasteiger partial charge is 0.422 e. The Hall–Kier alpha value is -3.08. The molecule has 0 aliphatic carbocycles. The fourth-order valence-corrected chi connectivity index (χ4v) is 1.86. The van der Waals surface area contributed by atoms with Gasteiger partial charge in [0.15, 0.2) is 6.61 Å². The molecule has 0 radical (unpaired) electrons. The third-order valence-electron chi connectivity index (χ3n) is 2.90. The third-order valence-corrected chi connectivity index (χ3v) is 2.90. The Labute approximate surface area is 135 Å². The molecule has 0 saturated heterocycles. The molecular formula is C16H12F3N3O2. The maximum atomic E-state index is 12.2. The van der Waals surface area contributed by atoms with Crippen LogP contribution in [0.25, 0.3) is 0 Å². The van der Waals surface area contributed by atoms with E-state index in [2.05, 4.69) is 15.0 Å². The lowest BCUT2D eigenvalue weighted by Crippen LogP contribution is -2.25. The molecule has 1 N–H and O–H groups in total. The highest BCUT2D eigenvalue weighted by Crippen LogP contribution is 2.20. The molecule has 2 rings (SSSR count). The molecule has 8 heteroatoms. The van der Waals surface area contributed by atoms with Gasteiger partial charge in [-0.15, -0.1) is 0 Å². The van der Waals surface area contributed by atoms with E-state index in [1.54, 1.807) is 24.3 Å². The number of alkyl halides is 3. The molecule has 2 aromatic rings. The third kappa shape index (κ3) is 4.98. The molecule has 0 spiro atoms. The lowest BCUT2D eigenvalue weighted by atomic mass is 10.1. The molecule has 0 bridgehead atoms. The predicted octanol–water partition coefficient (Wildman–Crippen LogP) is 2.82. The summed E-state index contributed by atoms with van der Waals surface area (Å²) in [5, 5.41) is 11.4. The monoisotopic (exact) mass is 335 g/mol. The lowest BCUT2D eigenvalue weighted by molar-refractivity contribution is -0.154. The number of ether oxygens (including phenoxy) is 1. The molecule has 1 aromatic carbocycles. The number of hydrogen-bond acceptors (Lipinski definition) is 4. The quantitative estimate of drug-likeness (QED) is 0.912. The normalized spacial score (nSPS) is 10.8. The van der Waals surface area contributed by atoms with Crippen LogP contribution < -0.4 is 10.1 Å². The molecule has 0 saturated carbocycles. The van der Waals surface area contributed by atoms with Crippen molar-refractivity contribution in [3.8, 4) is 11.9 Å². The second kappa shape index (κ2) is 7.46. The predicted molar refractivity (Wildman–Crippen MR) is 78.1 cm³/mol. The molecule has 0 aliphatic heterocycles. The maximum Gasteiger partial charge on any atom is 0.422 e. The van der Waals surface area contributed by atoms with Crippen molar-refractivity contribution in [3.05, 3.63) is 59.3 Å². The highest BCUT2D eigenvalue weighted by molar-refractivity contribution is 5.96. The number of carbonyl (C=O) groups excluding carboxylic acids is 1. The second-order valence-corrected chi connectivity index (χ2v) is 4.75. The lowest BCUT2D eigenvalue weighted by Gasteiger charge is -2.12. The van der Waals surface area contributed by atoms with Crippen LogP contribution >= 0.6 is 0 Å². The first-order chi connectivity index (χ1) is 11.4. The number of aromatic nitrogens is 1. The van der Waals surface area contributed by atoms with Gasteiger partial charge in [0.25, 0.3) is 5.91 Å². The molecule has 0 atom stereocenters. The number of hydrogen-bond donors (Lipinski definition) is 1. The summed E-state index contributed by atoms with van der Waals surface area (Å²) in [4.78, 5) is 15.8. The van der Waals surface area contributed by atoms with Gasteiger partial charge in [-0.25, -0.2) is 4.98 Å². The number of nitriles is 1. The van der Waals surface area contributed by atoms with Crippen LogP contribution in [0.15, 0.2) is 42.6 Å². The van der Waals surface area contributed by atoms with Gasteiger partial charge in [0.05, 0.1) is 11.6 Å². The van der Waals surface area contributed by atoms with Crippen molar-refractivity contribution in [3.63, 3.8) is 0 Å². The van der Waals surface area contributed by atoms with Gasteiger partial charge >= 0.3 is 6.18 Å². The van der Waals surface area contributed by atoms with Crippen LogP contribution in [0.3, 0.4) is 0 Å². The summed E-state index contributed by atoms with van der Waals surface area (Å²) in [7, 11) is 0. The zero-order valence-electron chi connectivity index (χ0n) is 12.3. The minimum Gasteiger partial charge on any atom is -0.467 e. The Morgan fingerprint density at radius 2 is 2.08 bits per heavy atom. The standard InChI is InChI=1S/C16H12F3N3O2/c17-16(18,19)10-24-15-13(5-2-6-21-15)14(23)22-9-12-4-1-3-11(7-12)8-20/h1-7H,9-10H2,(H,22,23). The molecule has 0 unspecified atom stereocenters. The van der Waals surface area contributed by atoms with Gasteiger partial charge in [0.2, 0.25) is 5.88 Å². The van der Waals surface area contributed by atoms with E-state index in [1.807, 2.05) is 6.07 Å². The summed E-state index contributed by atoms with van der Waals surface area (Å²) >= 11 is 0. The summed E-state index contributed by atoms with van der Waals surface area (Å²) in [5.74, 6) is -1.01. The molecule has 24 heavy (non-hydrogen) atoms. The number of amides is 1. The molecule has 0 fully saturated rings. The Bertz CT molecular complexity index is 770. The van der Waals surface area contributed by atoms with Gasteiger partial charge in [-0.2, -0.15) is 18.4 Å². The van der Waals surface area contributed by atoms with Crippen molar-refractivity contribution in [2.75, 3.05) is 6.61 Å². The van der Waals surface area contributed by atoms with Crippen molar-refractivity contribution in [1.82, 2.24) is 10.3 Å². The van der Waals surface area contributed by atoms with Crippen molar-refractivity contribution < 1.29 is 22.7 Å². The highest BCUT2D eigenvalue weighted by atomic mass is 19.4. The van der Waals surface area contributed by atoms with E-state index in [4.69, 9.17) is 5.26 Å². The van der Waals surface area contributed by atoms with Crippen molar-refractivity contribution in [2.24, 2.45) is 0 Å². The molecule has 1 aromatic heterocycles. The fourth-order valence-electron chi connectivity index (χ4n) is 1.86. The summed E-state index contributed by atoms with van der Waals surface area (Å²) in [6.45, 7) is -1.42. The Morgan fingerprint density at radius 3 is 2.79 bits per heavy atom. The van der Waals surface area contributed by atoms with Crippen molar-refractivity contribution in [1.29, 1.82) is 5.26 Å². The first-order valence-corrected chi connectivity index (χ1v) is 6.81. The van der Waals surface area contributed by atoms with Crippen LogP contribution in [0.1, 0.15) is 21.5 Å². The zero-order chi connectivity index (χ0) is 17.6. The number of nitrogens with zero attached hydrogens (tertiary/aromatic N) is 2. The van der Waals surface area contributed by atoms with E-state index < -0.39 is 24.6 Å². The van der Waals surface area contributed by atoms with Crippen molar-refractivity contribution in [2.45, 2.75) is 12.7 Å². The van der Waals surface area contributed by atoms with Gasteiger partial charge in [0.1, 0.15) is 5.56 Å². The van der Waals surface area contributed by atoms with Gasteiger partial charge in [0, 0.05) is 12.7 Å². The van der Waals surface area contributed by atoms with Crippen LogP contribution in [0.5, 0.6) is 5.88 Å². The Morgan fingerprint density at radius 1 is 1.29 bits per heavy atom. The highest BCUT2D eigenvalue weighted by Gasteiger charge is 2.29. The first kappa shape index (κ1) is 17.3. The van der Waals surface area contributed by atoms with Crippen molar-refractivity contribution >= 4 is 5.91 Å². The van der Waals surface area contributed by atoms with Crippen LogP contribution in [-0.2, 0) is 6.54 Å². The van der Waals surface area contributed by atoms with Gasteiger partial charge in [-0.1, -0.05) is 12.1 Å². The van der Waals surface area contributed by atoms with E-state index in [0.717, 1.165) is 0 Å². The SMILES string of the molecule is N#Cc1cccc(CNC(=O)c2cccnc2OCC(F)(F)F)c1. The van der Waals surface area contributed by atoms with E-state index >= 15 is 0 Å². The molecule has 124 valence electrons. The summed E-state index contributed by atoms with van der Waals surface area (Å²) in [6, 6.07) is 11.3. The largest absolute Gasteiger partial charge is 0.467 e. The summed E-state index contributed by atoms with van der Waals surface area (Å²) < 4.78 is 41.3. The minimum atomic E-state index is -4.52. The van der Waals surface area contributed by atoms with Crippen LogP contribution in [0, 0.1) is 11.3 Å².